The van der Waals surface area contributed by atoms with Gasteiger partial charge in [-0.15, -0.1) is 0 Å². The Balaban J connectivity index is 1.95. The molecule has 0 saturated carbocycles. The van der Waals surface area contributed by atoms with E-state index in [1.54, 1.807) is 6.92 Å². The lowest BCUT2D eigenvalue weighted by Gasteiger charge is -2.16. The fraction of sp³-hybridized carbons (Fsp3) is 0.600. The summed E-state index contributed by atoms with van der Waals surface area (Å²) in [5, 5.41) is 35.4. The van der Waals surface area contributed by atoms with Crippen molar-refractivity contribution in [2.75, 3.05) is 25.0 Å². The summed E-state index contributed by atoms with van der Waals surface area (Å²) >= 11 is 0. The van der Waals surface area contributed by atoms with Crippen LogP contribution in [0.5, 0.6) is 0 Å². The largest absolute Gasteiger partial charge is 0.396 e. The maximum atomic E-state index is 12.2. The maximum absolute atomic E-state index is 12.2. The fourth-order valence-corrected chi connectivity index (χ4v) is 3.30. The molecule has 11 nitrogen and oxygen atoms in total. The molecule has 0 unspecified atom stereocenters. The Labute approximate surface area is 179 Å². The summed E-state index contributed by atoms with van der Waals surface area (Å²) < 4.78 is 7.16. The molecule has 2 aromatic heterocycles. The molecule has 1 aliphatic rings. The van der Waals surface area contributed by atoms with Gasteiger partial charge in [0.2, 0.25) is 5.82 Å². The van der Waals surface area contributed by atoms with Crippen LogP contribution < -0.4 is 10.6 Å². The highest BCUT2D eigenvalue weighted by Crippen LogP contribution is 2.32. The second kappa shape index (κ2) is 10.5. The van der Waals surface area contributed by atoms with Crippen molar-refractivity contribution in [3.05, 3.63) is 12.2 Å². The third-order valence-electron chi connectivity index (χ3n) is 4.80. The van der Waals surface area contributed by atoms with Crippen molar-refractivity contribution < 1.29 is 24.9 Å². The van der Waals surface area contributed by atoms with Crippen molar-refractivity contribution in [2.45, 2.75) is 57.6 Å². The Bertz CT molecular complexity index is 968. The van der Waals surface area contributed by atoms with Crippen LogP contribution in [-0.4, -0.2) is 78.8 Å². The van der Waals surface area contributed by atoms with Crippen molar-refractivity contribution in [3.8, 4) is 11.8 Å². The number of hydrogen-bond acceptors (Lipinski definition) is 9. The Morgan fingerprint density at radius 2 is 2.03 bits per heavy atom. The van der Waals surface area contributed by atoms with Gasteiger partial charge in [-0.2, -0.15) is 0 Å². The highest BCUT2D eigenvalue weighted by molar-refractivity contribution is 5.84. The first-order valence-electron chi connectivity index (χ1n) is 10.4. The number of carbonyl (C=O) groups is 1. The molecule has 1 fully saturated rings. The topological polar surface area (TPSA) is 155 Å². The van der Waals surface area contributed by atoms with E-state index in [9.17, 15) is 15.0 Å². The van der Waals surface area contributed by atoms with E-state index in [-0.39, 0.29) is 12.4 Å². The van der Waals surface area contributed by atoms with Gasteiger partial charge in [0.25, 0.3) is 5.91 Å². The summed E-state index contributed by atoms with van der Waals surface area (Å²) in [7, 11) is 0. The Morgan fingerprint density at radius 3 is 2.74 bits per heavy atom. The molecule has 11 heteroatoms. The summed E-state index contributed by atoms with van der Waals surface area (Å²) in [6, 6.07) is 0. The average Bonchev–Trinajstić information content (AvgIpc) is 3.30. The van der Waals surface area contributed by atoms with Crippen LogP contribution in [-0.2, 0) is 9.53 Å². The van der Waals surface area contributed by atoms with E-state index in [2.05, 4.69) is 37.4 Å². The van der Waals surface area contributed by atoms with Crippen molar-refractivity contribution in [2.24, 2.45) is 0 Å². The molecule has 168 valence electrons. The van der Waals surface area contributed by atoms with Crippen molar-refractivity contribution in [1.29, 1.82) is 0 Å². The van der Waals surface area contributed by atoms with Crippen LogP contribution in [0.25, 0.3) is 11.2 Å². The summed E-state index contributed by atoms with van der Waals surface area (Å²) in [5.74, 6) is 6.15. The quantitative estimate of drug-likeness (QED) is 0.275. The molecule has 5 N–H and O–H groups in total. The van der Waals surface area contributed by atoms with Crippen molar-refractivity contribution in [1.82, 2.24) is 24.8 Å². The number of nitrogens with zero attached hydrogens (tertiary/aromatic N) is 4. The first-order valence-corrected chi connectivity index (χ1v) is 10.4. The minimum atomic E-state index is -1.39. The lowest BCUT2D eigenvalue weighted by atomic mass is 10.1. The Hall–Kier alpha value is -2.78. The summed E-state index contributed by atoms with van der Waals surface area (Å²) in [6.07, 6.45) is -1.53. The first-order chi connectivity index (χ1) is 15.0. The van der Waals surface area contributed by atoms with Crippen LogP contribution in [0.2, 0.25) is 0 Å². The summed E-state index contributed by atoms with van der Waals surface area (Å²) in [5.41, 5.74) is 0.817. The molecule has 1 aliphatic heterocycles. The van der Waals surface area contributed by atoms with Gasteiger partial charge < -0.3 is 30.7 Å². The molecule has 0 bridgehead atoms. The number of ether oxygens (including phenoxy) is 1. The summed E-state index contributed by atoms with van der Waals surface area (Å²) in [6.45, 7) is 4.77. The van der Waals surface area contributed by atoms with Gasteiger partial charge in [-0.05, 0) is 32.6 Å². The van der Waals surface area contributed by atoms with E-state index >= 15 is 0 Å². The van der Waals surface area contributed by atoms with Crippen LogP contribution in [0, 0.1) is 11.8 Å². The monoisotopic (exact) mass is 432 g/mol. The number of aliphatic hydroxyl groups excluding tert-OH is 3. The molecule has 4 atom stereocenters. The number of imidazole rings is 1. The second-order valence-corrected chi connectivity index (χ2v) is 7.06. The zero-order chi connectivity index (χ0) is 22.4. The zero-order valence-electron chi connectivity index (χ0n) is 17.6. The average molecular weight is 432 g/mol. The van der Waals surface area contributed by atoms with Crippen molar-refractivity contribution >= 4 is 22.9 Å². The highest BCUT2D eigenvalue weighted by atomic mass is 16.6. The number of nitrogens with one attached hydrogen (secondary N) is 2. The molecule has 0 aliphatic carbocycles. The van der Waals surface area contributed by atoms with Crippen LogP contribution in [0.3, 0.4) is 0 Å². The van der Waals surface area contributed by atoms with Gasteiger partial charge in [-0.25, -0.2) is 15.0 Å². The molecule has 0 aromatic carbocycles. The van der Waals surface area contributed by atoms with Gasteiger partial charge in [0, 0.05) is 26.1 Å². The van der Waals surface area contributed by atoms with Crippen LogP contribution in [0.1, 0.15) is 45.2 Å². The molecule has 0 spiro atoms. The van der Waals surface area contributed by atoms with E-state index in [4.69, 9.17) is 9.84 Å². The van der Waals surface area contributed by atoms with Crippen molar-refractivity contribution in [3.63, 3.8) is 0 Å². The molecule has 0 radical (unpaired) electrons. The molecule has 1 saturated heterocycles. The number of fused-ring (bicyclic) bond motifs is 1. The number of aromatic nitrogens is 4. The molecule has 1 amide bonds. The molecular formula is C20H28N6O5. The van der Waals surface area contributed by atoms with Crippen LogP contribution >= 0.6 is 0 Å². The minimum Gasteiger partial charge on any atom is -0.396 e. The number of amides is 1. The number of rotatable bonds is 8. The van der Waals surface area contributed by atoms with Gasteiger partial charge in [0.1, 0.15) is 12.2 Å². The van der Waals surface area contributed by atoms with E-state index in [1.807, 2.05) is 6.92 Å². The zero-order valence-corrected chi connectivity index (χ0v) is 17.6. The number of likely N-dealkylation sites (N-methyl/N-ethyl adjacent to an activating group) is 1. The smallest absolute Gasteiger partial charge is 0.252 e. The van der Waals surface area contributed by atoms with Crippen LogP contribution in [0.15, 0.2) is 6.33 Å². The third-order valence-corrected chi connectivity index (χ3v) is 4.80. The lowest BCUT2D eigenvalue weighted by Crippen LogP contribution is -2.42. The van der Waals surface area contributed by atoms with E-state index in [0.717, 1.165) is 6.42 Å². The second-order valence-electron chi connectivity index (χ2n) is 7.06. The molecule has 31 heavy (non-hydrogen) atoms. The van der Waals surface area contributed by atoms with Gasteiger partial charge in [0.05, 0.1) is 6.33 Å². The minimum absolute atomic E-state index is 0.126. The summed E-state index contributed by atoms with van der Waals surface area (Å²) in [4.78, 5) is 25.4. The number of carbonyl (C=O) groups excluding carboxylic acids is 1. The Morgan fingerprint density at radius 1 is 1.23 bits per heavy atom. The molecule has 3 rings (SSSR count). The first kappa shape index (κ1) is 22.9. The maximum Gasteiger partial charge on any atom is 0.252 e. The Kier molecular flexibility index (Phi) is 7.75. The van der Waals surface area contributed by atoms with E-state index < -0.39 is 30.4 Å². The highest BCUT2D eigenvalue weighted by Gasteiger charge is 2.47. The SMILES string of the molecule is CCNC(=O)[C@H]1O[C@@H](n2cnc3c(NCC)nc(C#CCCCCO)nc32)[C@H](O)[C@@H]1O. The number of aliphatic hydroxyl groups is 3. The molecule has 2 aromatic rings. The fourth-order valence-electron chi connectivity index (χ4n) is 3.30. The van der Waals surface area contributed by atoms with Crippen LogP contribution in [0.4, 0.5) is 5.82 Å². The van der Waals surface area contributed by atoms with Gasteiger partial charge in [0.15, 0.2) is 29.3 Å². The van der Waals surface area contributed by atoms with Gasteiger partial charge >= 0.3 is 0 Å². The standard InChI is InChI=1S/C20H28N6O5/c1-3-21-17-13-18(25-12(24-17)9-7-5-6-8-10-27)26(11-23-13)20-15(29)14(28)16(31-20)19(30)22-4-2/h11,14-16,20,27-29H,3-6,8,10H2,1-2H3,(H,22,30)(H,21,24,25)/t14-,15+,16-,20+/m0/s1. The van der Waals surface area contributed by atoms with E-state index in [1.165, 1.54) is 10.9 Å². The molecule has 3 heterocycles. The van der Waals surface area contributed by atoms with Gasteiger partial charge in [-0.3, -0.25) is 9.36 Å². The van der Waals surface area contributed by atoms with E-state index in [0.29, 0.717) is 42.9 Å². The normalized spacial score (nSPS) is 22.9. The number of unbranched alkanes of at least 4 members (excludes halogenated alkanes) is 2. The number of anilines is 1. The predicted molar refractivity (Wildman–Crippen MR) is 112 cm³/mol. The lowest BCUT2D eigenvalue weighted by molar-refractivity contribution is -0.137. The molecular weight excluding hydrogens is 404 g/mol. The van der Waals surface area contributed by atoms with Gasteiger partial charge in [-0.1, -0.05) is 5.92 Å². The predicted octanol–water partition coefficient (Wildman–Crippen LogP) is -0.472. The third kappa shape index (κ3) is 4.94. The number of hydrogen-bond donors (Lipinski definition) is 5.